The fourth-order valence-electron chi connectivity index (χ4n) is 3.32. The van der Waals surface area contributed by atoms with Gasteiger partial charge in [-0.25, -0.2) is 0 Å². The van der Waals surface area contributed by atoms with E-state index in [0.717, 1.165) is 12.4 Å². The van der Waals surface area contributed by atoms with Crippen LogP contribution < -0.4 is 15.4 Å². The molecule has 10 heteroatoms. The maximum absolute atomic E-state index is 13.4. The van der Waals surface area contributed by atoms with Crippen LogP contribution in [0.3, 0.4) is 0 Å². The number of carbonyl (C=O) groups is 2. The van der Waals surface area contributed by atoms with Crippen molar-refractivity contribution in [3.05, 3.63) is 58.1 Å². The Morgan fingerprint density at radius 1 is 0.806 bits per heavy atom. The highest BCUT2D eigenvalue weighted by molar-refractivity contribution is 6.31. The Labute approximate surface area is 178 Å². The average Bonchev–Trinajstić information content (AvgIpc) is 2.77. The van der Waals surface area contributed by atoms with Crippen molar-refractivity contribution in [1.82, 2.24) is 0 Å². The van der Waals surface area contributed by atoms with Crippen molar-refractivity contribution in [1.29, 1.82) is 0 Å². The van der Waals surface area contributed by atoms with Gasteiger partial charge in [0.1, 0.15) is 0 Å². The standard InChI is InChI=1S/C21H25N3O7/c1-20(8-25,9-26)22-14-3-4-15(23-21(2,10-27)11-28)17-16(14)18(29)12-5-6-24(31)7-13(12)19(17)30/h3-7,22-23,25-28H,8-11H2,1-2H3. The molecule has 1 aliphatic rings. The molecule has 0 bridgehead atoms. The fraction of sp³-hybridized carbons (Fsp3) is 0.381. The Morgan fingerprint density at radius 3 is 1.65 bits per heavy atom. The molecule has 2 aromatic rings. The zero-order chi connectivity index (χ0) is 23.0. The molecular weight excluding hydrogens is 406 g/mol. The Bertz CT molecular complexity index is 1030. The van der Waals surface area contributed by atoms with E-state index in [1.54, 1.807) is 6.92 Å². The van der Waals surface area contributed by atoms with Gasteiger partial charge in [-0.05, 0) is 26.0 Å². The normalized spacial score (nSPS) is 13.6. The smallest absolute Gasteiger partial charge is 0.202 e. The molecule has 166 valence electrons. The summed E-state index contributed by atoms with van der Waals surface area (Å²) in [7, 11) is 0. The van der Waals surface area contributed by atoms with Crippen LogP contribution in [0.15, 0.2) is 30.6 Å². The maximum atomic E-state index is 13.4. The van der Waals surface area contributed by atoms with E-state index in [1.807, 2.05) is 0 Å². The van der Waals surface area contributed by atoms with E-state index in [4.69, 9.17) is 0 Å². The minimum atomic E-state index is -1.19. The minimum Gasteiger partial charge on any atom is -0.619 e. The molecule has 0 saturated heterocycles. The van der Waals surface area contributed by atoms with Crippen LogP contribution in [0.5, 0.6) is 0 Å². The lowest BCUT2D eigenvalue weighted by Crippen LogP contribution is -2.44. The van der Waals surface area contributed by atoms with Gasteiger partial charge in [0.2, 0.25) is 5.78 Å². The van der Waals surface area contributed by atoms with Crippen LogP contribution in [0.1, 0.15) is 45.7 Å². The molecule has 0 spiro atoms. The second kappa shape index (κ2) is 8.23. The van der Waals surface area contributed by atoms with Crippen LogP contribution in [0.4, 0.5) is 11.4 Å². The fourth-order valence-corrected chi connectivity index (χ4v) is 3.32. The molecule has 0 atom stereocenters. The summed E-state index contributed by atoms with van der Waals surface area (Å²) in [6.07, 6.45) is 2.13. The van der Waals surface area contributed by atoms with Crippen molar-refractivity contribution in [2.45, 2.75) is 24.9 Å². The molecule has 0 amide bonds. The highest BCUT2D eigenvalue weighted by atomic mass is 16.5. The predicted molar refractivity (Wildman–Crippen MR) is 111 cm³/mol. The average molecular weight is 431 g/mol. The second-order valence-corrected chi connectivity index (χ2v) is 8.20. The Kier molecular flexibility index (Phi) is 6.01. The summed E-state index contributed by atoms with van der Waals surface area (Å²) in [6.45, 7) is 1.29. The van der Waals surface area contributed by atoms with Gasteiger partial charge in [0.25, 0.3) is 0 Å². The highest BCUT2D eigenvalue weighted by Crippen LogP contribution is 2.38. The minimum absolute atomic E-state index is 0.00231. The number of aliphatic hydroxyl groups excluding tert-OH is 4. The number of anilines is 2. The summed E-state index contributed by atoms with van der Waals surface area (Å²) in [6, 6.07) is 4.26. The summed E-state index contributed by atoms with van der Waals surface area (Å²) in [4.78, 5) is 26.7. The number of aromatic nitrogens is 1. The van der Waals surface area contributed by atoms with Crippen LogP contribution in [0, 0.1) is 5.21 Å². The van der Waals surface area contributed by atoms with Gasteiger partial charge in [0.15, 0.2) is 18.2 Å². The molecule has 3 rings (SSSR count). The summed E-state index contributed by atoms with van der Waals surface area (Å²) >= 11 is 0. The lowest BCUT2D eigenvalue weighted by molar-refractivity contribution is -0.605. The largest absolute Gasteiger partial charge is 0.619 e. The Balaban J connectivity index is 2.25. The number of fused-ring (bicyclic) bond motifs is 2. The first-order chi connectivity index (χ1) is 14.6. The molecule has 0 radical (unpaired) electrons. The number of hydrogen-bond acceptors (Lipinski definition) is 9. The topological polar surface area (TPSA) is 166 Å². The van der Waals surface area contributed by atoms with Crippen molar-refractivity contribution >= 4 is 22.9 Å². The third-order valence-corrected chi connectivity index (χ3v) is 5.35. The van der Waals surface area contributed by atoms with Gasteiger partial charge in [-0.1, -0.05) is 0 Å². The molecule has 0 fully saturated rings. The summed E-state index contributed by atoms with van der Waals surface area (Å²) < 4.78 is 0.421. The first-order valence-electron chi connectivity index (χ1n) is 9.61. The molecule has 1 aromatic heterocycles. The third-order valence-electron chi connectivity index (χ3n) is 5.35. The van der Waals surface area contributed by atoms with Crippen LogP contribution in [0.25, 0.3) is 0 Å². The zero-order valence-corrected chi connectivity index (χ0v) is 17.2. The predicted octanol–water partition coefficient (Wildman–Crippen LogP) is -0.594. The van der Waals surface area contributed by atoms with Crippen LogP contribution in [-0.4, -0.2) is 69.5 Å². The second-order valence-electron chi connectivity index (χ2n) is 8.20. The van der Waals surface area contributed by atoms with Crippen LogP contribution in [-0.2, 0) is 0 Å². The number of nitrogens with zero attached hydrogens (tertiary/aromatic N) is 1. The van der Waals surface area contributed by atoms with Gasteiger partial charge in [-0.2, -0.15) is 4.73 Å². The molecule has 10 nitrogen and oxygen atoms in total. The van der Waals surface area contributed by atoms with Crippen molar-refractivity contribution in [3.63, 3.8) is 0 Å². The Morgan fingerprint density at radius 2 is 1.23 bits per heavy atom. The van der Waals surface area contributed by atoms with Gasteiger partial charge in [-0.15, -0.1) is 0 Å². The lowest BCUT2D eigenvalue weighted by Gasteiger charge is -2.33. The van der Waals surface area contributed by atoms with E-state index in [1.165, 1.54) is 25.1 Å². The van der Waals surface area contributed by atoms with E-state index in [2.05, 4.69) is 10.6 Å². The van der Waals surface area contributed by atoms with E-state index in [0.29, 0.717) is 4.73 Å². The maximum Gasteiger partial charge on any atom is 0.202 e. The monoisotopic (exact) mass is 431 g/mol. The van der Waals surface area contributed by atoms with Crippen molar-refractivity contribution < 1.29 is 34.7 Å². The molecule has 0 unspecified atom stereocenters. The number of rotatable bonds is 8. The Hall–Kier alpha value is -3.05. The number of pyridine rings is 1. The summed E-state index contributed by atoms with van der Waals surface area (Å²) in [5.74, 6) is -1.11. The molecule has 6 N–H and O–H groups in total. The highest BCUT2D eigenvalue weighted by Gasteiger charge is 2.38. The number of hydrogen-bond donors (Lipinski definition) is 6. The molecule has 1 aromatic carbocycles. The van der Waals surface area contributed by atoms with Gasteiger partial charge in [-0.3, -0.25) is 9.59 Å². The number of carbonyl (C=O) groups excluding carboxylic acids is 2. The summed E-state index contributed by atoms with van der Waals surface area (Å²) in [5.41, 5.74) is -2.03. The molecule has 1 heterocycles. The molecule has 1 aliphatic carbocycles. The lowest BCUT2D eigenvalue weighted by atomic mass is 9.82. The van der Waals surface area contributed by atoms with Gasteiger partial charge < -0.3 is 36.3 Å². The molecular formula is C21H25N3O7. The number of benzene rings is 1. The number of nitrogens with one attached hydrogen (secondary N) is 2. The quantitative estimate of drug-likeness (QED) is 0.202. The van der Waals surface area contributed by atoms with E-state index >= 15 is 0 Å². The van der Waals surface area contributed by atoms with E-state index < -0.39 is 49.1 Å². The van der Waals surface area contributed by atoms with Gasteiger partial charge in [0, 0.05) is 23.0 Å². The third kappa shape index (κ3) is 3.98. The van der Waals surface area contributed by atoms with Crippen molar-refractivity contribution in [2.24, 2.45) is 0 Å². The van der Waals surface area contributed by atoms with E-state index in [9.17, 15) is 35.2 Å². The first kappa shape index (κ1) is 22.6. The molecule has 0 aliphatic heterocycles. The molecule has 31 heavy (non-hydrogen) atoms. The van der Waals surface area contributed by atoms with Crippen molar-refractivity contribution in [2.75, 3.05) is 37.1 Å². The van der Waals surface area contributed by atoms with Gasteiger partial charge in [0.05, 0.1) is 54.2 Å². The number of aliphatic hydroxyl groups is 4. The van der Waals surface area contributed by atoms with Crippen molar-refractivity contribution in [3.8, 4) is 0 Å². The first-order valence-corrected chi connectivity index (χ1v) is 9.61. The van der Waals surface area contributed by atoms with Crippen LogP contribution >= 0.6 is 0 Å². The zero-order valence-electron chi connectivity index (χ0n) is 17.2. The summed E-state index contributed by atoms with van der Waals surface area (Å²) in [5, 5.41) is 56.2. The van der Waals surface area contributed by atoms with E-state index in [-0.39, 0.29) is 33.6 Å². The molecule has 0 saturated carbocycles. The van der Waals surface area contributed by atoms with Crippen LogP contribution in [0.2, 0.25) is 0 Å². The van der Waals surface area contributed by atoms with Gasteiger partial charge >= 0.3 is 0 Å². The SMILES string of the molecule is CC(CO)(CO)Nc1ccc(NC(C)(CO)CO)c2c1C(=O)c1cc[n+]([O-])cc1C2=O. The number of ketones is 2.